The van der Waals surface area contributed by atoms with E-state index < -0.39 is 11.8 Å². The minimum absolute atomic E-state index is 0.0706. The summed E-state index contributed by atoms with van der Waals surface area (Å²) in [5, 5.41) is 14.3. The topological polar surface area (TPSA) is 121 Å². The number of carbonyl (C=O) groups is 1. The van der Waals surface area contributed by atoms with Gasteiger partial charge in [-0.2, -0.15) is 5.26 Å². The summed E-state index contributed by atoms with van der Waals surface area (Å²) in [5.41, 5.74) is 7.32. The molecular formula is C17H13N5O2S. The summed E-state index contributed by atoms with van der Waals surface area (Å²) in [5.74, 6) is 5.02. The summed E-state index contributed by atoms with van der Waals surface area (Å²) < 4.78 is 5.48. The highest BCUT2D eigenvalue weighted by atomic mass is 32.2. The van der Waals surface area contributed by atoms with Crippen LogP contribution in [0.4, 0.5) is 5.69 Å². The van der Waals surface area contributed by atoms with E-state index in [1.54, 1.807) is 12.1 Å². The van der Waals surface area contributed by atoms with Gasteiger partial charge in [-0.15, -0.1) is 0 Å². The van der Waals surface area contributed by atoms with Crippen molar-refractivity contribution in [2.45, 2.75) is 10.8 Å². The minimum atomic E-state index is -0.711. The standard InChI is InChI=1S/C17H13N5O2S/c18-8-9-13(11-5-3-7-24-11)14(17(23)22(20)15(9)19)16-21-10-4-1-2-6-12(10)25-16/h1-7,13,21H,19-20H2/b16-14+. The first-order valence-corrected chi connectivity index (χ1v) is 8.24. The molecule has 0 bridgehead atoms. The molecule has 7 nitrogen and oxygen atoms in total. The van der Waals surface area contributed by atoms with E-state index in [9.17, 15) is 10.1 Å². The Morgan fingerprint density at radius 2 is 2.08 bits per heavy atom. The number of nitriles is 1. The van der Waals surface area contributed by atoms with Crippen LogP contribution in [0, 0.1) is 11.3 Å². The van der Waals surface area contributed by atoms with Crippen molar-refractivity contribution in [3.8, 4) is 6.07 Å². The molecule has 0 saturated carbocycles. The second-order valence-corrected chi connectivity index (χ2v) is 6.55. The Morgan fingerprint density at radius 3 is 2.76 bits per heavy atom. The lowest BCUT2D eigenvalue weighted by Gasteiger charge is -2.30. The number of nitrogens with two attached hydrogens (primary N) is 2. The third-order valence-electron chi connectivity index (χ3n) is 4.10. The summed E-state index contributed by atoms with van der Waals surface area (Å²) in [7, 11) is 0. The first-order chi connectivity index (χ1) is 12.1. The van der Waals surface area contributed by atoms with Gasteiger partial charge in [0.05, 0.1) is 40.1 Å². The van der Waals surface area contributed by atoms with Gasteiger partial charge in [0.1, 0.15) is 11.6 Å². The molecule has 0 radical (unpaired) electrons. The van der Waals surface area contributed by atoms with Gasteiger partial charge in [-0.05, 0) is 24.3 Å². The Bertz CT molecular complexity index is 944. The van der Waals surface area contributed by atoms with Crippen LogP contribution in [-0.2, 0) is 4.79 Å². The third kappa shape index (κ3) is 2.29. The van der Waals surface area contributed by atoms with Gasteiger partial charge in [-0.1, -0.05) is 23.9 Å². The average Bonchev–Trinajstić information content (AvgIpc) is 3.28. The van der Waals surface area contributed by atoms with Crippen molar-refractivity contribution in [3.05, 3.63) is 70.4 Å². The molecule has 124 valence electrons. The number of nitrogens with zero attached hydrogens (tertiary/aromatic N) is 2. The van der Waals surface area contributed by atoms with Crippen LogP contribution < -0.4 is 16.9 Å². The van der Waals surface area contributed by atoms with Gasteiger partial charge in [0.25, 0.3) is 5.91 Å². The number of para-hydroxylation sites is 1. The number of furan rings is 1. The molecule has 0 aliphatic carbocycles. The number of allylic oxidation sites excluding steroid dienone is 1. The zero-order valence-electron chi connectivity index (χ0n) is 12.9. The number of hydrogen-bond donors (Lipinski definition) is 3. The molecule has 3 heterocycles. The van der Waals surface area contributed by atoms with Gasteiger partial charge in [0.15, 0.2) is 0 Å². The number of hydrazine groups is 1. The molecule has 8 heteroatoms. The van der Waals surface area contributed by atoms with Crippen molar-refractivity contribution in [1.29, 1.82) is 5.26 Å². The van der Waals surface area contributed by atoms with Crippen molar-refractivity contribution in [2.75, 3.05) is 5.32 Å². The predicted octanol–water partition coefficient (Wildman–Crippen LogP) is 2.20. The van der Waals surface area contributed by atoms with Crippen molar-refractivity contribution in [1.82, 2.24) is 5.01 Å². The molecule has 25 heavy (non-hydrogen) atoms. The Hall–Kier alpha value is -3.15. The molecule has 1 amide bonds. The van der Waals surface area contributed by atoms with E-state index in [4.69, 9.17) is 16.0 Å². The van der Waals surface area contributed by atoms with Gasteiger partial charge in [-0.3, -0.25) is 4.79 Å². The highest BCUT2D eigenvalue weighted by Gasteiger charge is 2.42. The fourth-order valence-corrected chi connectivity index (χ4v) is 3.99. The number of fused-ring (bicyclic) bond motifs is 1. The van der Waals surface area contributed by atoms with Crippen molar-refractivity contribution >= 4 is 23.4 Å². The van der Waals surface area contributed by atoms with Gasteiger partial charge in [0.2, 0.25) is 0 Å². The lowest BCUT2D eigenvalue weighted by atomic mass is 9.86. The van der Waals surface area contributed by atoms with Crippen molar-refractivity contribution in [3.63, 3.8) is 0 Å². The van der Waals surface area contributed by atoms with Crippen molar-refractivity contribution in [2.24, 2.45) is 11.6 Å². The number of amides is 1. The Balaban J connectivity index is 1.93. The minimum Gasteiger partial charge on any atom is -0.468 e. The Labute approximate surface area is 147 Å². The van der Waals surface area contributed by atoms with Crippen LogP contribution >= 0.6 is 11.8 Å². The van der Waals surface area contributed by atoms with E-state index in [0.29, 0.717) is 16.4 Å². The highest BCUT2D eigenvalue weighted by molar-refractivity contribution is 8.03. The highest BCUT2D eigenvalue weighted by Crippen LogP contribution is 2.47. The quantitative estimate of drug-likeness (QED) is 0.409. The molecule has 5 N–H and O–H groups in total. The SMILES string of the molecule is N#CC1=C(N)N(N)C(=O)/C(=C2\Nc3ccccc3S2)C1c1ccco1. The monoisotopic (exact) mass is 351 g/mol. The van der Waals surface area contributed by atoms with E-state index >= 15 is 0 Å². The van der Waals surface area contributed by atoms with Gasteiger partial charge < -0.3 is 15.5 Å². The zero-order chi connectivity index (χ0) is 17.6. The molecular weight excluding hydrogens is 338 g/mol. The smallest absolute Gasteiger partial charge is 0.273 e. The van der Waals surface area contributed by atoms with Crippen LogP contribution in [0.1, 0.15) is 11.7 Å². The summed E-state index contributed by atoms with van der Waals surface area (Å²) >= 11 is 1.41. The maximum absolute atomic E-state index is 12.9. The van der Waals surface area contributed by atoms with E-state index in [-0.39, 0.29) is 11.4 Å². The molecule has 2 aromatic rings. The van der Waals surface area contributed by atoms with Crippen LogP contribution in [0.3, 0.4) is 0 Å². The molecule has 1 aromatic heterocycles. The molecule has 1 unspecified atom stereocenters. The van der Waals surface area contributed by atoms with Gasteiger partial charge >= 0.3 is 0 Å². The number of benzene rings is 1. The normalized spacial score (nSPS) is 22.6. The van der Waals surface area contributed by atoms with Gasteiger partial charge in [0, 0.05) is 4.90 Å². The van der Waals surface area contributed by atoms with Crippen LogP contribution in [-0.4, -0.2) is 10.9 Å². The first kappa shape index (κ1) is 15.4. The van der Waals surface area contributed by atoms with Crippen LogP contribution in [0.15, 0.2) is 74.0 Å². The van der Waals surface area contributed by atoms with Crippen LogP contribution in [0.25, 0.3) is 0 Å². The number of anilines is 1. The molecule has 2 aliphatic heterocycles. The average molecular weight is 351 g/mol. The fraction of sp³-hybridized carbons (Fsp3) is 0.0588. The number of carbonyl (C=O) groups excluding carboxylic acids is 1. The number of thioether (sulfide) groups is 1. The zero-order valence-corrected chi connectivity index (χ0v) is 13.7. The lowest BCUT2D eigenvalue weighted by molar-refractivity contribution is -0.126. The Kier molecular flexibility index (Phi) is 3.53. The molecule has 0 saturated heterocycles. The number of hydrogen-bond acceptors (Lipinski definition) is 7. The summed E-state index contributed by atoms with van der Waals surface area (Å²) in [6, 6.07) is 13.2. The molecule has 0 fully saturated rings. The third-order valence-corrected chi connectivity index (χ3v) is 5.20. The van der Waals surface area contributed by atoms with E-state index in [2.05, 4.69) is 11.4 Å². The lowest BCUT2D eigenvalue weighted by Crippen LogP contribution is -2.46. The second kappa shape index (κ2) is 5.73. The maximum atomic E-state index is 12.9. The van der Waals surface area contributed by atoms with Crippen LogP contribution in [0.2, 0.25) is 0 Å². The predicted molar refractivity (Wildman–Crippen MR) is 92.3 cm³/mol. The first-order valence-electron chi connectivity index (χ1n) is 7.42. The summed E-state index contributed by atoms with van der Waals surface area (Å²) in [6.07, 6.45) is 1.49. The van der Waals surface area contributed by atoms with E-state index in [0.717, 1.165) is 15.6 Å². The second-order valence-electron chi connectivity index (χ2n) is 5.50. The molecule has 2 aliphatic rings. The van der Waals surface area contributed by atoms with Gasteiger partial charge in [-0.25, -0.2) is 10.9 Å². The largest absolute Gasteiger partial charge is 0.468 e. The number of nitrogens with one attached hydrogen (secondary N) is 1. The van der Waals surface area contributed by atoms with E-state index in [1.165, 1.54) is 18.0 Å². The molecule has 1 aromatic carbocycles. The number of rotatable bonds is 1. The van der Waals surface area contributed by atoms with Crippen molar-refractivity contribution < 1.29 is 9.21 Å². The van der Waals surface area contributed by atoms with Crippen LogP contribution in [0.5, 0.6) is 0 Å². The van der Waals surface area contributed by atoms with E-state index in [1.807, 2.05) is 24.3 Å². The fourth-order valence-electron chi connectivity index (χ4n) is 2.91. The molecule has 0 spiro atoms. The summed E-state index contributed by atoms with van der Waals surface area (Å²) in [4.78, 5) is 13.9. The maximum Gasteiger partial charge on any atom is 0.273 e. The summed E-state index contributed by atoms with van der Waals surface area (Å²) in [6.45, 7) is 0. The molecule has 4 rings (SSSR count). The Morgan fingerprint density at radius 1 is 1.28 bits per heavy atom. The molecule has 1 atom stereocenters.